The Morgan fingerprint density at radius 2 is 2.14 bits per heavy atom. The predicted molar refractivity (Wildman–Crippen MR) is 81.4 cm³/mol. The number of anilines is 1. The summed E-state index contributed by atoms with van der Waals surface area (Å²) in [6, 6.07) is -0.520. The Bertz CT molecular complexity index is 525. The topological polar surface area (TPSA) is 83.1 Å². The van der Waals surface area contributed by atoms with E-state index in [1.807, 2.05) is 6.20 Å². The van der Waals surface area contributed by atoms with Gasteiger partial charge >= 0.3 is 0 Å². The standard InChI is InChI=1S/C14H20N4O2S/c19-12-8-15-6-10(17-12)13(20)18-14-16-7-11(21-14)9-4-2-1-3-5-9/h7,9-10,15H,1-6,8H2,(H,17,19)(H,16,18,20)/t10-/m1/s1. The van der Waals surface area contributed by atoms with Gasteiger partial charge in [0.05, 0.1) is 6.54 Å². The third kappa shape index (κ3) is 3.59. The fourth-order valence-corrected chi connectivity index (χ4v) is 3.89. The molecule has 1 aliphatic heterocycles. The van der Waals surface area contributed by atoms with Gasteiger partial charge in [0.25, 0.3) is 0 Å². The molecule has 3 rings (SSSR count). The van der Waals surface area contributed by atoms with E-state index >= 15 is 0 Å². The van der Waals surface area contributed by atoms with Crippen LogP contribution in [0.15, 0.2) is 6.20 Å². The Kier molecular flexibility index (Phi) is 4.50. The lowest BCUT2D eigenvalue weighted by Crippen LogP contribution is -2.57. The predicted octanol–water partition coefficient (Wildman–Crippen LogP) is 1.22. The summed E-state index contributed by atoms with van der Waals surface area (Å²) in [7, 11) is 0. The molecule has 6 nitrogen and oxygen atoms in total. The molecule has 1 saturated carbocycles. The smallest absolute Gasteiger partial charge is 0.250 e. The van der Waals surface area contributed by atoms with Gasteiger partial charge < -0.3 is 16.0 Å². The summed E-state index contributed by atoms with van der Waals surface area (Å²) < 4.78 is 0. The van der Waals surface area contributed by atoms with Gasteiger partial charge in [-0.25, -0.2) is 4.98 Å². The van der Waals surface area contributed by atoms with Crippen molar-refractivity contribution in [2.24, 2.45) is 0 Å². The second-order valence-corrected chi connectivity index (χ2v) is 6.71. The summed E-state index contributed by atoms with van der Waals surface area (Å²) in [5.74, 6) is 0.237. The first-order valence-corrected chi connectivity index (χ1v) is 8.30. The number of thiazole rings is 1. The summed E-state index contributed by atoms with van der Waals surface area (Å²) in [5, 5.41) is 9.02. The Morgan fingerprint density at radius 3 is 2.90 bits per heavy atom. The molecule has 1 aromatic rings. The van der Waals surface area contributed by atoms with E-state index < -0.39 is 6.04 Å². The molecular weight excluding hydrogens is 288 g/mol. The number of carbonyl (C=O) groups excluding carboxylic acids is 2. The average molecular weight is 308 g/mol. The van der Waals surface area contributed by atoms with Crippen LogP contribution in [0.5, 0.6) is 0 Å². The van der Waals surface area contributed by atoms with Crippen molar-refractivity contribution in [3.05, 3.63) is 11.1 Å². The van der Waals surface area contributed by atoms with Crippen molar-refractivity contribution in [3.8, 4) is 0 Å². The van der Waals surface area contributed by atoms with Crippen LogP contribution >= 0.6 is 11.3 Å². The van der Waals surface area contributed by atoms with Gasteiger partial charge in [-0.1, -0.05) is 19.3 Å². The van der Waals surface area contributed by atoms with Crippen LogP contribution in [-0.2, 0) is 9.59 Å². The minimum absolute atomic E-state index is 0.150. The zero-order valence-corrected chi connectivity index (χ0v) is 12.7. The average Bonchev–Trinajstić information content (AvgIpc) is 2.97. The van der Waals surface area contributed by atoms with Crippen molar-refractivity contribution >= 4 is 28.3 Å². The number of rotatable bonds is 3. The van der Waals surface area contributed by atoms with Crippen molar-refractivity contribution < 1.29 is 9.59 Å². The quantitative estimate of drug-likeness (QED) is 0.784. The van der Waals surface area contributed by atoms with Crippen LogP contribution in [-0.4, -0.2) is 35.9 Å². The van der Waals surface area contributed by atoms with Gasteiger partial charge in [-0.2, -0.15) is 0 Å². The first kappa shape index (κ1) is 14.5. The molecule has 0 bridgehead atoms. The van der Waals surface area contributed by atoms with E-state index in [1.165, 1.54) is 37.0 Å². The van der Waals surface area contributed by atoms with Crippen molar-refractivity contribution in [2.75, 3.05) is 18.4 Å². The molecule has 1 atom stereocenters. The number of carbonyl (C=O) groups is 2. The third-order valence-electron chi connectivity index (χ3n) is 4.05. The van der Waals surface area contributed by atoms with Crippen LogP contribution in [0.1, 0.15) is 42.9 Å². The first-order valence-electron chi connectivity index (χ1n) is 7.49. The fourth-order valence-electron chi connectivity index (χ4n) is 2.90. The molecule has 0 unspecified atom stereocenters. The summed E-state index contributed by atoms with van der Waals surface area (Å²) in [6.07, 6.45) is 8.21. The molecule has 3 N–H and O–H groups in total. The molecule has 0 radical (unpaired) electrons. The molecule has 2 amide bonds. The number of aromatic nitrogens is 1. The molecule has 2 fully saturated rings. The number of piperazine rings is 1. The van der Waals surface area contributed by atoms with Gasteiger partial charge in [0.1, 0.15) is 6.04 Å². The van der Waals surface area contributed by atoms with Crippen LogP contribution < -0.4 is 16.0 Å². The molecule has 0 spiro atoms. The summed E-state index contributed by atoms with van der Waals surface area (Å²) in [6.45, 7) is 0.727. The van der Waals surface area contributed by atoms with Crippen LogP contribution in [0.25, 0.3) is 0 Å². The van der Waals surface area contributed by atoms with Crippen LogP contribution in [0.2, 0.25) is 0 Å². The van der Waals surface area contributed by atoms with Gasteiger partial charge in [0.2, 0.25) is 11.8 Å². The zero-order chi connectivity index (χ0) is 14.7. The molecular formula is C14H20N4O2S. The maximum atomic E-state index is 12.1. The van der Waals surface area contributed by atoms with Crippen LogP contribution in [0, 0.1) is 0 Å². The van der Waals surface area contributed by atoms with Crippen molar-refractivity contribution in [3.63, 3.8) is 0 Å². The molecule has 2 aliphatic rings. The number of nitrogens with zero attached hydrogens (tertiary/aromatic N) is 1. The fraction of sp³-hybridized carbons (Fsp3) is 0.643. The van der Waals surface area contributed by atoms with Crippen LogP contribution in [0.3, 0.4) is 0 Å². The van der Waals surface area contributed by atoms with E-state index in [9.17, 15) is 9.59 Å². The zero-order valence-electron chi connectivity index (χ0n) is 11.9. The lowest BCUT2D eigenvalue weighted by molar-refractivity contribution is -0.127. The van der Waals surface area contributed by atoms with Crippen molar-refractivity contribution in [2.45, 2.75) is 44.1 Å². The molecule has 1 saturated heterocycles. The second-order valence-electron chi connectivity index (χ2n) is 5.64. The van der Waals surface area contributed by atoms with E-state index in [2.05, 4.69) is 20.9 Å². The molecule has 1 aromatic heterocycles. The van der Waals surface area contributed by atoms with Crippen molar-refractivity contribution in [1.82, 2.24) is 15.6 Å². The maximum Gasteiger partial charge on any atom is 0.250 e. The highest BCUT2D eigenvalue weighted by Crippen LogP contribution is 2.36. The van der Waals surface area contributed by atoms with E-state index in [0.717, 1.165) is 0 Å². The monoisotopic (exact) mass is 308 g/mol. The summed E-state index contributed by atoms with van der Waals surface area (Å²) >= 11 is 1.56. The highest BCUT2D eigenvalue weighted by atomic mass is 32.1. The molecule has 0 aromatic carbocycles. The highest BCUT2D eigenvalue weighted by Gasteiger charge is 2.25. The SMILES string of the molecule is O=C1CNC[C@H](C(=O)Nc2ncc(C3CCCCC3)s2)N1. The Morgan fingerprint density at radius 1 is 1.33 bits per heavy atom. The normalized spacial score (nSPS) is 23.6. The first-order chi connectivity index (χ1) is 10.2. The molecule has 1 aliphatic carbocycles. The maximum absolute atomic E-state index is 12.1. The number of hydrogen-bond acceptors (Lipinski definition) is 5. The summed E-state index contributed by atoms with van der Waals surface area (Å²) in [5.41, 5.74) is 0. The van der Waals surface area contributed by atoms with E-state index in [1.54, 1.807) is 11.3 Å². The minimum atomic E-state index is -0.520. The Labute approximate surface area is 127 Å². The Hall–Kier alpha value is -1.47. The molecule has 114 valence electrons. The molecule has 2 heterocycles. The van der Waals surface area contributed by atoms with E-state index in [-0.39, 0.29) is 18.4 Å². The number of hydrogen-bond donors (Lipinski definition) is 3. The number of nitrogens with one attached hydrogen (secondary N) is 3. The highest BCUT2D eigenvalue weighted by molar-refractivity contribution is 7.15. The van der Waals surface area contributed by atoms with Crippen LogP contribution in [0.4, 0.5) is 5.13 Å². The minimum Gasteiger partial charge on any atom is -0.342 e. The molecule has 21 heavy (non-hydrogen) atoms. The Balaban J connectivity index is 1.58. The molecule has 7 heteroatoms. The summed E-state index contributed by atoms with van der Waals surface area (Å²) in [4.78, 5) is 28.9. The largest absolute Gasteiger partial charge is 0.342 e. The van der Waals surface area contributed by atoms with Gasteiger partial charge in [0.15, 0.2) is 5.13 Å². The van der Waals surface area contributed by atoms with Crippen molar-refractivity contribution in [1.29, 1.82) is 0 Å². The van der Waals surface area contributed by atoms with Gasteiger partial charge in [0, 0.05) is 17.6 Å². The van der Waals surface area contributed by atoms with E-state index in [4.69, 9.17) is 0 Å². The van der Waals surface area contributed by atoms with Gasteiger partial charge in [-0.15, -0.1) is 11.3 Å². The van der Waals surface area contributed by atoms with Gasteiger partial charge in [-0.3, -0.25) is 9.59 Å². The van der Waals surface area contributed by atoms with Gasteiger partial charge in [-0.05, 0) is 18.8 Å². The number of amides is 2. The van der Waals surface area contributed by atoms with E-state index in [0.29, 0.717) is 17.6 Å². The lowest BCUT2D eigenvalue weighted by Gasteiger charge is -2.22. The third-order valence-corrected chi connectivity index (χ3v) is 5.12. The second kappa shape index (κ2) is 6.53. The lowest BCUT2D eigenvalue weighted by atomic mass is 9.89.